The second-order valence-corrected chi connectivity index (χ2v) is 2.49. The van der Waals surface area contributed by atoms with Crippen LogP contribution in [0.5, 0.6) is 0 Å². The summed E-state index contributed by atoms with van der Waals surface area (Å²) in [7, 11) is 0. The molecule has 0 unspecified atom stereocenters. The normalized spacial score (nSPS) is 12.0. The largest absolute Gasteiger partial charge is 0.394 e. The quantitative estimate of drug-likeness (QED) is 0.579. The van der Waals surface area contributed by atoms with E-state index in [4.69, 9.17) is 0 Å². The Hall–Kier alpha value is -0.930. The molecule has 0 aromatic carbocycles. The second kappa shape index (κ2) is 2.60. The highest BCUT2D eigenvalue weighted by atomic mass is 19.3. The van der Waals surface area contributed by atoms with Crippen LogP contribution in [0.1, 0.15) is 13.8 Å². The smallest absolute Gasteiger partial charge is 0.237 e. The van der Waals surface area contributed by atoms with E-state index in [0.29, 0.717) is 6.54 Å². The third kappa shape index (κ3) is 1.76. The molecule has 0 bridgehead atoms. The van der Waals surface area contributed by atoms with Crippen molar-refractivity contribution in [1.29, 1.82) is 0 Å². The van der Waals surface area contributed by atoms with Crippen molar-refractivity contribution in [3.8, 4) is 0 Å². The molecule has 0 radical (unpaired) electrons. The van der Waals surface area contributed by atoms with Crippen molar-refractivity contribution in [2.75, 3.05) is 0 Å². The van der Waals surface area contributed by atoms with Crippen molar-refractivity contribution < 1.29 is 13.3 Å². The Bertz CT molecular complexity index is 237. The van der Waals surface area contributed by atoms with Gasteiger partial charge < -0.3 is 0 Å². The number of nitrogens with zero attached hydrogens (tertiary/aromatic N) is 2. The van der Waals surface area contributed by atoms with Crippen LogP contribution in [0.3, 0.4) is 0 Å². The minimum atomic E-state index is -2.79. The molecule has 1 heterocycles. The maximum Gasteiger partial charge on any atom is 0.394 e. The molecule has 0 aliphatic heterocycles. The molecule has 0 N–H and O–H groups in total. The molecule has 11 heavy (non-hydrogen) atoms. The molecule has 0 atom stereocenters. The number of alkyl halides is 2. The summed E-state index contributed by atoms with van der Waals surface area (Å²) in [6, 6.07) is -2.79. The summed E-state index contributed by atoms with van der Waals surface area (Å²) in [5, 5.41) is 0. The number of aromatic nitrogens is 2. The molecular weight excluding hydrogens is 150 g/mol. The molecule has 0 saturated carbocycles. The summed E-state index contributed by atoms with van der Waals surface area (Å²) < 4.78 is 27.7. The monoisotopic (exact) mass is 161 g/mol. The molecule has 1 aromatic heterocycles. The van der Waals surface area contributed by atoms with Crippen LogP contribution < -0.4 is 4.57 Å². The van der Waals surface area contributed by atoms with E-state index < -0.39 is 6.05 Å². The van der Waals surface area contributed by atoms with Crippen LogP contribution in [0.4, 0.5) is 8.78 Å². The Morgan fingerprint density at radius 3 is 2.45 bits per heavy atom. The zero-order valence-electron chi connectivity index (χ0n) is 6.59. The van der Waals surface area contributed by atoms with E-state index in [9.17, 15) is 8.78 Å². The summed E-state index contributed by atoms with van der Waals surface area (Å²) in [6.45, 7) is 3.48. The third-order valence-electron chi connectivity index (χ3n) is 1.51. The highest BCUT2D eigenvalue weighted by Crippen LogP contribution is 2.09. The molecule has 0 saturated heterocycles. The predicted molar refractivity (Wildman–Crippen MR) is 36.2 cm³/mol. The van der Waals surface area contributed by atoms with E-state index in [1.165, 1.54) is 12.5 Å². The van der Waals surface area contributed by atoms with Crippen LogP contribution in [-0.4, -0.2) is 4.57 Å². The van der Waals surface area contributed by atoms with Crippen LogP contribution in [0.25, 0.3) is 0 Å². The van der Waals surface area contributed by atoms with E-state index >= 15 is 0 Å². The summed E-state index contributed by atoms with van der Waals surface area (Å²) in [5.74, 6) is 0. The fourth-order valence-corrected chi connectivity index (χ4v) is 0.814. The molecule has 0 fully saturated rings. The molecule has 4 heteroatoms. The Morgan fingerprint density at radius 2 is 2.18 bits per heavy atom. The summed E-state index contributed by atoms with van der Waals surface area (Å²) in [6.07, 6.45) is 4.38. The van der Waals surface area contributed by atoms with Crippen molar-refractivity contribution in [2.24, 2.45) is 0 Å². The average molecular weight is 161 g/mol. The molecular formula is C7H11F2N2+. The van der Waals surface area contributed by atoms with Crippen LogP contribution in [0.15, 0.2) is 18.7 Å². The lowest BCUT2D eigenvalue weighted by atomic mass is 10.6. The fourth-order valence-electron chi connectivity index (χ4n) is 0.814. The van der Waals surface area contributed by atoms with Crippen LogP contribution >= 0.6 is 0 Å². The summed E-state index contributed by atoms with van der Waals surface area (Å²) in [5.41, 5.74) is 0. The van der Waals surface area contributed by atoms with Gasteiger partial charge in [-0.25, -0.2) is 4.57 Å². The summed E-state index contributed by atoms with van der Waals surface area (Å²) in [4.78, 5) is 0. The number of rotatable bonds is 2. The number of hydrogen-bond donors (Lipinski definition) is 0. The van der Waals surface area contributed by atoms with Gasteiger partial charge in [-0.2, -0.15) is 13.3 Å². The lowest BCUT2D eigenvalue weighted by Gasteiger charge is -2.03. The van der Waals surface area contributed by atoms with Crippen LogP contribution in [0.2, 0.25) is 0 Å². The van der Waals surface area contributed by atoms with Crippen molar-refractivity contribution >= 4 is 0 Å². The van der Waals surface area contributed by atoms with Crippen molar-refractivity contribution in [2.45, 2.75) is 26.4 Å². The number of imidazole rings is 1. The van der Waals surface area contributed by atoms with Gasteiger partial charge in [0.2, 0.25) is 6.33 Å². The molecule has 62 valence electrons. The topological polar surface area (TPSA) is 8.81 Å². The van der Waals surface area contributed by atoms with Crippen molar-refractivity contribution in [1.82, 2.24) is 4.57 Å². The zero-order valence-corrected chi connectivity index (χ0v) is 6.59. The van der Waals surface area contributed by atoms with Gasteiger partial charge in [0.25, 0.3) is 0 Å². The van der Waals surface area contributed by atoms with Gasteiger partial charge >= 0.3 is 6.05 Å². The number of hydrogen-bond acceptors (Lipinski definition) is 0. The molecule has 1 rings (SSSR count). The van der Waals surface area contributed by atoms with Gasteiger partial charge in [0, 0.05) is 6.92 Å². The molecule has 0 aliphatic carbocycles. The Kier molecular flexibility index (Phi) is 1.93. The lowest BCUT2D eigenvalue weighted by molar-refractivity contribution is -0.818. The molecule has 1 aromatic rings. The number of halogens is 2. The summed E-state index contributed by atoms with van der Waals surface area (Å²) >= 11 is 0. The molecule has 0 spiro atoms. The first-order valence-electron chi connectivity index (χ1n) is 3.49. The van der Waals surface area contributed by atoms with E-state index in [0.717, 1.165) is 11.5 Å². The van der Waals surface area contributed by atoms with E-state index in [2.05, 4.69) is 0 Å². The Morgan fingerprint density at radius 1 is 1.55 bits per heavy atom. The Labute approximate surface area is 64.1 Å². The fraction of sp³-hybridized carbons (Fsp3) is 0.571. The van der Waals surface area contributed by atoms with Gasteiger partial charge in [0.1, 0.15) is 12.4 Å². The molecule has 2 nitrogen and oxygen atoms in total. The predicted octanol–water partition coefficient (Wildman–Crippen LogP) is 1.36. The second-order valence-electron chi connectivity index (χ2n) is 2.49. The SMILES string of the molecule is CCn1cc[n+](C(C)(F)F)c1. The highest BCUT2D eigenvalue weighted by molar-refractivity contribution is 4.65. The molecule has 0 amide bonds. The minimum Gasteiger partial charge on any atom is -0.237 e. The average Bonchev–Trinajstić information content (AvgIpc) is 2.32. The van der Waals surface area contributed by atoms with E-state index in [1.54, 1.807) is 10.8 Å². The maximum atomic E-state index is 12.6. The lowest BCUT2D eigenvalue weighted by Crippen LogP contribution is -2.46. The highest BCUT2D eigenvalue weighted by Gasteiger charge is 2.29. The van der Waals surface area contributed by atoms with Gasteiger partial charge in [0.15, 0.2) is 0 Å². The van der Waals surface area contributed by atoms with Crippen molar-refractivity contribution in [3.05, 3.63) is 18.7 Å². The van der Waals surface area contributed by atoms with Gasteiger partial charge in [0.05, 0.1) is 6.54 Å². The van der Waals surface area contributed by atoms with Gasteiger partial charge in [-0.3, -0.25) is 0 Å². The first-order valence-corrected chi connectivity index (χ1v) is 3.49. The van der Waals surface area contributed by atoms with Gasteiger partial charge in [-0.1, -0.05) is 0 Å². The van der Waals surface area contributed by atoms with Gasteiger partial charge in [-0.05, 0) is 6.92 Å². The van der Waals surface area contributed by atoms with Gasteiger partial charge in [-0.15, -0.1) is 0 Å². The standard InChI is InChI=1S/C7H11F2N2/c1-3-10-4-5-11(6-10)7(2,8)9/h4-6H,3H2,1-2H3/q+1. The van der Waals surface area contributed by atoms with Crippen molar-refractivity contribution in [3.63, 3.8) is 0 Å². The third-order valence-corrected chi connectivity index (χ3v) is 1.51. The van der Waals surface area contributed by atoms with Crippen LogP contribution in [-0.2, 0) is 12.6 Å². The zero-order chi connectivity index (χ0) is 8.48. The van der Waals surface area contributed by atoms with E-state index in [-0.39, 0.29) is 0 Å². The first kappa shape index (κ1) is 8.17. The number of aryl methyl sites for hydroxylation is 1. The minimum absolute atomic E-state index is 0.711. The Balaban J connectivity index is 2.89. The maximum absolute atomic E-state index is 12.6. The molecule has 0 aliphatic rings. The van der Waals surface area contributed by atoms with Crippen LogP contribution in [0, 0.1) is 0 Å². The van der Waals surface area contributed by atoms with E-state index in [1.807, 2.05) is 6.92 Å². The first-order chi connectivity index (χ1) is 5.04.